The summed E-state index contributed by atoms with van der Waals surface area (Å²) in [6.07, 6.45) is -2.36. The fourth-order valence-electron chi connectivity index (χ4n) is 1.66. The average molecular weight is 294 g/mol. The Balaban J connectivity index is 2.84. The number of carbonyl (C=O) groups is 2. The second kappa shape index (κ2) is 6.58. The molecule has 0 saturated carbocycles. The summed E-state index contributed by atoms with van der Waals surface area (Å²) in [5.74, 6) is -1.59. The molecule has 0 aromatic heterocycles. The molecule has 0 aliphatic heterocycles. The van der Waals surface area contributed by atoms with Crippen molar-refractivity contribution in [2.75, 3.05) is 0 Å². The number of rotatable bonds is 4. The van der Waals surface area contributed by atoms with Crippen LogP contribution < -0.4 is 10.4 Å². The smallest absolute Gasteiger partial charge is 0.408 e. The summed E-state index contributed by atoms with van der Waals surface area (Å²) in [6.45, 7) is 6.82. The first-order valence-electron chi connectivity index (χ1n) is 6.55. The Labute approximate surface area is 123 Å². The van der Waals surface area contributed by atoms with E-state index in [9.17, 15) is 19.8 Å². The molecule has 2 atom stereocenters. The molecule has 0 unspecified atom stereocenters. The Bertz CT molecular complexity index is 504. The van der Waals surface area contributed by atoms with E-state index in [0.29, 0.717) is 5.56 Å². The second-order valence-electron chi connectivity index (χ2n) is 5.80. The zero-order valence-electron chi connectivity index (χ0n) is 12.5. The highest BCUT2D eigenvalue weighted by atomic mass is 16.6. The molecule has 0 fully saturated rings. The second-order valence-corrected chi connectivity index (χ2v) is 5.80. The molecular weight excluding hydrogens is 274 g/mol. The minimum atomic E-state index is -1.59. The molecule has 116 valence electrons. The fourth-order valence-corrected chi connectivity index (χ4v) is 1.66. The van der Waals surface area contributed by atoms with Crippen molar-refractivity contribution in [2.24, 2.45) is 0 Å². The topological polar surface area (TPSA) is 98.7 Å². The number of aryl methyl sites for hydroxylation is 1. The summed E-state index contributed by atoms with van der Waals surface area (Å²) < 4.78 is 4.97. The number of aliphatic hydroxyl groups is 1. The molecular formula is C15H20NO5-. The van der Waals surface area contributed by atoms with E-state index in [0.717, 1.165) is 5.56 Å². The first-order chi connectivity index (χ1) is 9.60. The van der Waals surface area contributed by atoms with Crippen molar-refractivity contribution in [3.05, 3.63) is 35.4 Å². The third-order valence-corrected chi connectivity index (χ3v) is 2.66. The molecule has 1 aromatic carbocycles. The molecule has 0 radical (unpaired) electrons. The third-order valence-electron chi connectivity index (χ3n) is 2.66. The van der Waals surface area contributed by atoms with Gasteiger partial charge in [0.2, 0.25) is 0 Å². The van der Waals surface area contributed by atoms with Crippen LogP contribution in [0.3, 0.4) is 0 Å². The van der Waals surface area contributed by atoms with Gasteiger partial charge in [-0.25, -0.2) is 4.79 Å². The van der Waals surface area contributed by atoms with E-state index in [1.165, 1.54) is 0 Å². The van der Waals surface area contributed by atoms with Crippen LogP contribution in [0.5, 0.6) is 0 Å². The minimum Gasteiger partial charge on any atom is -0.548 e. The van der Waals surface area contributed by atoms with Gasteiger partial charge in [-0.3, -0.25) is 0 Å². The number of aliphatic carboxylic acids is 1. The molecule has 0 saturated heterocycles. The summed E-state index contributed by atoms with van der Waals surface area (Å²) >= 11 is 0. The van der Waals surface area contributed by atoms with Crippen molar-refractivity contribution in [3.8, 4) is 0 Å². The van der Waals surface area contributed by atoms with Crippen LogP contribution in [0.1, 0.15) is 38.0 Å². The number of hydrogen-bond donors (Lipinski definition) is 2. The Morgan fingerprint density at radius 2 is 1.76 bits per heavy atom. The minimum absolute atomic E-state index is 0.367. The molecule has 0 bridgehead atoms. The van der Waals surface area contributed by atoms with Crippen LogP contribution in [0.25, 0.3) is 0 Å². The molecule has 6 nitrogen and oxygen atoms in total. The van der Waals surface area contributed by atoms with Gasteiger partial charge < -0.3 is 25.1 Å². The van der Waals surface area contributed by atoms with Crippen molar-refractivity contribution in [2.45, 2.75) is 45.4 Å². The Hall–Kier alpha value is -2.08. The van der Waals surface area contributed by atoms with Crippen LogP contribution in [-0.2, 0) is 9.53 Å². The predicted molar refractivity (Wildman–Crippen MR) is 74.3 cm³/mol. The van der Waals surface area contributed by atoms with Crippen LogP contribution >= 0.6 is 0 Å². The standard InChI is InChI=1S/C15H21NO5/c1-9-5-7-10(8-6-9)12(17)11(13(18)19)16-14(20)21-15(2,3)4/h5-8,11-12,17H,1-4H3,(H,16,20)(H,18,19)/p-1/t11-,12+/m1/s1. The normalized spacial score (nSPS) is 14.1. The van der Waals surface area contributed by atoms with Crippen molar-refractivity contribution < 1.29 is 24.5 Å². The molecule has 1 amide bonds. The lowest BCUT2D eigenvalue weighted by atomic mass is 10.0. The Morgan fingerprint density at radius 1 is 1.24 bits per heavy atom. The van der Waals surface area contributed by atoms with Crippen LogP contribution in [0.4, 0.5) is 4.79 Å². The monoisotopic (exact) mass is 294 g/mol. The summed E-state index contributed by atoms with van der Waals surface area (Å²) in [5.41, 5.74) is 0.567. The lowest BCUT2D eigenvalue weighted by Crippen LogP contribution is -2.52. The number of carboxylic acids is 1. The molecule has 0 heterocycles. The molecule has 0 spiro atoms. The van der Waals surface area contributed by atoms with Crippen molar-refractivity contribution in [1.29, 1.82) is 0 Å². The number of hydrogen-bond acceptors (Lipinski definition) is 5. The number of alkyl carbamates (subject to hydrolysis) is 1. The molecule has 1 rings (SSSR count). The van der Waals surface area contributed by atoms with Gasteiger partial charge in [0.05, 0.1) is 5.97 Å². The number of carboxylic acid groups (broad SMARTS) is 1. The van der Waals surface area contributed by atoms with Gasteiger partial charge >= 0.3 is 6.09 Å². The van der Waals surface area contributed by atoms with E-state index in [4.69, 9.17) is 4.74 Å². The van der Waals surface area contributed by atoms with Gasteiger partial charge in [-0.2, -0.15) is 0 Å². The zero-order chi connectivity index (χ0) is 16.2. The fraction of sp³-hybridized carbons (Fsp3) is 0.467. The van der Waals surface area contributed by atoms with Crippen molar-refractivity contribution in [3.63, 3.8) is 0 Å². The number of carbonyl (C=O) groups excluding carboxylic acids is 2. The van der Waals surface area contributed by atoms with E-state index < -0.39 is 29.8 Å². The highest BCUT2D eigenvalue weighted by Crippen LogP contribution is 2.18. The van der Waals surface area contributed by atoms with E-state index in [1.54, 1.807) is 45.0 Å². The maximum Gasteiger partial charge on any atom is 0.408 e. The highest BCUT2D eigenvalue weighted by molar-refractivity contribution is 5.79. The predicted octanol–water partition coefficient (Wildman–Crippen LogP) is 0.672. The lowest BCUT2D eigenvalue weighted by molar-refractivity contribution is -0.310. The van der Waals surface area contributed by atoms with Crippen molar-refractivity contribution >= 4 is 12.1 Å². The number of amides is 1. The summed E-state index contributed by atoms with van der Waals surface area (Å²) in [7, 11) is 0. The van der Waals surface area contributed by atoms with E-state index in [2.05, 4.69) is 5.32 Å². The quantitative estimate of drug-likeness (QED) is 0.850. The maximum atomic E-state index is 11.6. The van der Waals surface area contributed by atoms with E-state index >= 15 is 0 Å². The van der Waals surface area contributed by atoms with E-state index in [-0.39, 0.29) is 0 Å². The molecule has 0 aliphatic rings. The first-order valence-corrected chi connectivity index (χ1v) is 6.55. The van der Waals surface area contributed by atoms with Crippen LogP contribution in [-0.4, -0.2) is 28.8 Å². The molecule has 0 aliphatic carbocycles. The van der Waals surface area contributed by atoms with Crippen LogP contribution in [0.15, 0.2) is 24.3 Å². The summed E-state index contributed by atoms with van der Waals surface area (Å²) in [5, 5.41) is 23.4. The van der Waals surface area contributed by atoms with Gasteiger partial charge in [-0.15, -0.1) is 0 Å². The Morgan fingerprint density at radius 3 is 2.19 bits per heavy atom. The van der Waals surface area contributed by atoms with Crippen molar-refractivity contribution in [1.82, 2.24) is 5.32 Å². The average Bonchev–Trinajstić information content (AvgIpc) is 2.33. The number of aliphatic hydroxyl groups excluding tert-OH is 1. The van der Waals surface area contributed by atoms with Gasteiger partial charge in [0.15, 0.2) is 0 Å². The summed E-state index contributed by atoms with van der Waals surface area (Å²) in [4.78, 5) is 22.8. The molecule has 21 heavy (non-hydrogen) atoms. The molecule has 6 heteroatoms. The van der Waals surface area contributed by atoms with Crippen LogP contribution in [0, 0.1) is 6.92 Å². The molecule has 2 N–H and O–H groups in total. The first kappa shape index (κ1) is 17.0. The van der Waals surface area contributed by atoms with Gasteiger partial charge in [-0.1, -0.05) is 29.8 Å². The van der Waals surface area contributed by atoms with Gasteiger partial charge in [0, 0.05) is 0 Å². The largest absolute Gasteiger partial charge is 0.548 e. The zero-order valence-corrected chi connectivity index (χ0v) is 12.5. The van der Waals surface area contributed by atoms with Gasteiger partial charge in [0.1, 0.15) is 17.7 Å². The number of nitrogens with one attached hydrogen (secondary N) is 1. The van der Waals surface area contributed by atoms with Crippen LogP contribution in [0.2, 0.25) is 0 Å². The Kier molecular flexibility index (Phi) is 5.32. The van der Waals surface area contributed by atoms with Gasteiger partial charge in [0.25, 0.3) is 0 Å². The third kappa shape index (κ3) is 5.43. The van der Waals surface area contributed by atoms with E-state index in [1.807, 2.05) is 6.92 Å². The SMILES string of the molecule is Cc1ccc([C@H](O)[C@@H](NC(=O)OC(C)(C)C)C(=O)[O-])cc1. The summed E-state index contributed by atoms with van der Waals surface area (Å²) in [6, 6.07) is 5.05. The number of benzene rings is 1. The van der Waals surface area contributed by atoms with Gasteiger partial charge in [-0.05, 0) is 33.3 Å². The highest BCUT2D eigenvalue weighted by Gasteiger charge is 2.26. The molecule has 1 aromatic rings. The maximum absolute atomic E-state index is 11.6. The number of ether oxygens (including phenoxy) is 1. The lowest BCUT2D eigenvalue weighted by Gasteiger charge is -2.27.